The van der Waals surface area contributed by atoms with Crippen molar-refractivity contribution in [2.75, 3.05) is 39.8 Å². The van der Waals surface area contributed by atoms with Crippen LogP contribution < -0.4 is 5.32 Å². The number of nitrogens with one attached hydrogen (secondary N) is 1. The lowest BCUT2D eigenvalue weighted by atomic mass is 10.1. The topological polar surface area (TPSA) is 18.5 Å². The van der Waals surface area contributed by atoms with E-state index in [4.69, 9.17) is 0 Å². The molecule has 0 amide bonds. The molecular weight excluding hydrogens is 198 g/mol. The Morgan fingerprint density at radius 3 is 2.94 bits per heavy atom. The molecular formula is C13H25N3. The normalized spacial score (nSPS) is 31.6. The van der Waals surface area contributed by atoms with Crippen molar-refractivity contribution in [3.05, 3.63) is 12.7 Å². The molecule has 2 heterocycles. The van der Waals surface area contributed by atoms with E-state index in [1.54, 1.807) is 0 Å². The fourth-order valence-electron chi connectivity index (χ4n) is 3.02. The summed E-state index contributed by atoms with van der Waals surface area (Å²) in [6.07, 6.45) is 6.11. The van der Waals surface area contributed by atoms with E-state index in [1.165, 1.54) is 38.9 Å². The van der Waals surface area contributed by atoms with Crippen LogP contribution in [0, 0.1) is 0 Å². The summed E-state index contributed by atoms with van der Waals surface area (Å²) in [6, 6.07) is 1.67. The van der Waals surface area contributed by atoms with E-state index in [-0.39, 0.29) is 0 Å². The van der Waals surface area contributed by atoms with E-state index in [0.717, 1.165) is 25.2 Å². The first-order chi connectivity index (χ1) is 7.81. The van der Waals surface area contributed by atoms with Gasteiger partial charge in [0.2, 0.25) is 0 Å². The molecule has 3 heteroatoms. The molecule has 2 fully saturated rings. The summed E-state index contributed by atoms with van der Waals surface area (Å²) in [7, 11) is 2.31. The Morgan fingerprint density at radius 1 is 1.31 bits per heavy atom. The van der Waals surface area contributed by atoms with Gasteiger partial charge in [0, 0.05) is 38.3 Å². The second kappa shape index (κ2) is 5.80. The monoisotopic (exact) mass is 223 g/mol. The maximum atomic E-state index is 3.72. The van der Waals surface area contributed by atoms with Crippen molar-refractivity contribution >= 4 is 0 Å². The van der Waals surface area contributed by atoms with Gasteiger partial charge in [-0.2, -0.15) is 0 Å². The lowest BCUT2D eigenvalue weighted by molar-refractivity contribution is 0.219. The van der Waals surface area contributed by atoms with Crippen LogP contribution in [-0.4, -0.2) is 61.7 Å². The van der Waals surface area contributed by atoms with Gasteiger partial charge in [-0.05, 0) is 32.9 Å². The molecule has 0 aliphatic carbocycles. The Bertz CT molecular complexity index is 229. The van der Waals surface area contributed by atoms with Crippen LogP contribution in [0.25, 0.3) is 0 Å². The molecule has 2 aliphatic heterocycles. The second-order valence-corrected chi connectivity index (χ2v) is 5.13. The maximum absolute atomic E-state index is 3.72. The highest BCUT2D eigenvalue weighted by molar-refractivity contribution is 4.91. The second-order valence-electron chi connectivity index (χ2n) is 5.13. The molecule has 2 rings (SSSR count). The van der Waals surface area contributed by atoms with Crippen molar-refractivity contribution in [3.8, 4) is 0 Å². The quantitative estimate of drug-likeness (QED) is 0.552. The summed E-state index contributed by atoms with van der Waals surface area (Å²) in [5.41, 5.74) is 0. The lowest BCUT2D eigenvalue weighted by Gasteiger charge is -2.25. The van der Waals surface area contributed by atoms with E-state index in [9.17, 15) is 0 Å². The molecule has 92 valence electrons. The first-order valence-electron chi connectivity index (χ1n) is 6.57. The summed E-state index contributed by atoms with van der Waals surface area (Å²) >= 11 is 0. The van der Waals surface area contributed by atoms with Crippen LogP contribution in [0.5, 0.6) is 0 Å². The third kappa shape index (κ3) is 2.84. The largest absolute Gasteiger partial charge is 0.312 e. The predicted octanol–water partition coefficient (Wildman–Crippen LogP) is 0.930. The molecule has 2 bridgehead atoms. The highest BCUT2D eigenvalue weighted by Crippen LogP contribution is 2.28. The van der Waals surface area contributed by atoms with Gasteiger partial charge in [0.15, 0.2) is 0 Å². The van der Waals surface area contributed by atoms with Gasteiger partial charge in [-0.1, -0.05) is 6.08 Å². The Balaban J connectivity index is 1.73. The molecule has 2 aliphatic rings. The molecule has 16 heavy (non-hydrogen) atoms. The minimum absolute atomic E-state index is 0.812. The summed E-state index contributed by atoms with van der Waals surface area (Å²) in [5.74, 6) is 0. The van der Waals surface area contributed by atoms with Gasteiger partial charge in [0.25, 0.3) is 0 Å². The first-order valence-corrected chi connectivity index (χ1v) is 6.57. The number of fused-ring (bicyclic) bond motifs is 2. The standard InChI is InChI=1S/C13H25N3/c1-3-7-14-8-10-16-9-6-12-4-5-13(11-16)15(12)2/h3,12-14H,1,4-11H2,2H3. The van der Waals surface area contributed by atoms with Crippen LogP contribution in [0.2, 0.25) is 0 Å². The summed E-state index contributed by atoms with van der Waals surface area (Å²) < 4.78 is 0. The Morgan fingerprint density at radius 2 is 2.12 bits per heavy atom. The zero-order valence-electron chi connectivity index (χ0n) is 10.5. The van der Waals surface area contributed by atoms with Crippen molar-refractivity contribution in [3.63, 3.8) is 0 Å². The van der Waals surface area contributed by atoms with E-state index in [0.29, 0.717) is 0 Å². The maximum Gasteiger partial charge on any atom is 0.0223 e. The Kier molecular flexibility index (Phi) is 4.38. The van der Waals surface area contributed by atoms with Crippen LogP contribution in [0.1, 0.15) is 19.3 Å². The van der Waals surface area contributed by atoms with E-state index in [1.807, 2.05) is 6.08 Å². The molecule has 2 unspecified atom stereocenters. The molecule has 0 aromatic heterocycles. The zero-order valence-corrected chi connectivity index (χ0v) is 10.5. The Labute approximate surface area is 99.5 Å². The molecule has 0 radical (unpaired) electrons. The molecule has 0 saturated carbocycles. The van der Waals surface area contributed by atoms with Gasteiger partial charge in [-0.25, -0.2) is 0 Å². The number of hydrogen-bond acceptors (Lipinski definition) is 3. The number of nitrogens with zero attached hydrogens (tertiary/aromatic N) is 2. The third-order valence-electron chi connectivity index (χ3n) is 4.13. The van der Waals surface area contributed by atoms with E-state index in [2.05, 4.69) is 28.7 Å². The summed E-state index contributed by atoms with van der Waals surface area (Å²) in [6.45, 7) is 9.47. The zero-order chi connectivity index (χ0) is 11.4. The molecule has 1 N–H and O–H groups in total. The first kappa shape index (κ1) is 12.1. The molecule has 0 aromatic rings. The number of likely N-dealkylation sites (N-methyl/N-ethyl adjacent to an activating group) is 1. The van der Waals surface area contributed by atoms with Crippen molar-refractivity contribution in [1.29, 1.82) is 0 Å². The van der Waals surface area contributed by atoms with Gasteiger partial charge in [0.05, 0.1) is 0 Å². The summed E-state index contributed by atoms with van der Waals surface area (Å²) in [5, 5.41) is 3.38. The molecule has 2 atom stereocenters. The van der Waals surface area contributed by atoms with E-state index < -0.39 is 0 Å². The number of rotatable bonds is 5. The SMILES string of the molecule is C=CCNCCN1CCC2CCC(C1)N2C. The predicted molar refractivity (Wildman–Crippen MR) is 68.7 cm³/mol. The molecule has 2 saturated heterocycles. The van der Waals surface area contributed by atoms with Crippen LogP contribution in [0.15, 0.2) is 12.7 Å². The molecule has 0 spiro atoms. The van der Waals surface area contributed by atoms with Gasteiger partial charge in [-0.3, -0.25) is 4.90 Å². The third-order valence-corrected chi connectivity index (χ3v) is 4.13. The van der Waals surface area contributed by atoms with Gasteiger partial charge >= 0.3 is 0 Å². The average Bonchev–Trinajstić information content (AvgIpc) is 2.51. The van der Waals surface area contributed by atoms with Crippen molar-refractivity contribution in [1.82, 2.24) is 15.1 Å². The van der Waals surface area contributed by atoms with Gasteiger partial charge in [0.1, 0.15) is 0 Å². The van der Waals surface area contributed by atoms with Crippen LogP contribution >= 0.6 is 0 Å². The summed E-state index contributed by atoms with van der Waals surface area (Å²) in [4.78, 5) is 5.23. The lowest BCUT2D eigenvalue weighted by Crippen LogP contribution is -2.39. The highest BCUT2D eigenvalue weighted by atomic mass is 15.3. The van der Waals surface area contributed by atoms with Crippen molar-refractivity contribution in [2.24, 2.45) is 0 Å². The minimum Gasteiger partial charge on any atom is -0.312 e. The fourth-order valence-corrected chi connectivity index (χ4v) is 3.02. The smallest absolute Gasteiger partial charge is 0.0223 e. The van der Waals surface area contributed by atoms with Crippen LogP contribution in [0.3, 0.4) is 0 Å². The number of hydrogen-bond donors (Lipinski definition) is 1. The van der Waals surface area contributed by atoms with E-state index >= 15 is 0 Å². The van der Waals surface area contributed by atoms with Gasteiger partial charge < -0.3 is 10.2 Å². The van der Waals surface area contributed by atoms with Crippen LogP contribution in [-0.2, 0) is 0 Å². The minimum atomic E-state index is 0.812. The fraction of sp³-hybridized carbons (Fsp3) is 0.846. The van der Waals surface area contributed by atoms with Crippen LogP contribution in [0.4, 0.5) is 0 Å². The highest BCUT2D eigenvalue weighted by Gasteiger charge is 2.34. The molecule has 3 nitrogen and oxygen atoms in total. The van der Waals surface area contributed by atoms with Gasteiger partial charge in [-0.15, -0.1) is 6.58 Å². The number of likely N-dealkylation sites (tertiary alicyclic amines) is 1. The van der Waals surface area contributed by atoms with Crippen molar-refractivity contribution < 1.29 is 0 Å². The molecule has 0 aromatic carbocycles. The average molecular weight is 223 g/mol. The van der Waals surface area contributed by atoms with Crippen molar-refractivity contribution in [2.45, 2.75) is 31.3 Å². The Hall–Kier alpha value is -0.380.